The Morgan fingerprint density at radius 1 is 1.19 bits per heavy atom. The van der Waals surface area contributed by atoms with Crippen LogP contribution in [0.5, 0.6) is 0 Å². The Hall–Kier alpha value is -3.68. The molecule has 1 heterocycles. The van der Waals surface area contributed by atoms with E-state index in [1.54, 1.807) is 32.0 Å². The molecule has 3 amide bonds. The van der Waals surface area contributed by atoms with E-state index in [-0.39, 0.29) is 24.7 Å². The number of nitrogen functional groups attached to an aromatic ring is 1. The lowest BCUT2D eigenvalue weighted by molar-refractivity contribution is -0.131. The number of nitrogens with two attached hydrogens (primary N) is 1. The molecule has 0 aliphatic carbocycles. The van der Waals surface area contributed by atoms with Gasteiger partial charge in [0.2, 0.25) is 11.8 Å². The molecule has 0 saturated heterocycles. The molecule has 0 bridgehead atoms. The van der Waals surface area contributed by atoms with Gasteiger partial charge in [0, 0.05) is 17.7 Å². The topological polar surface area (TPSA) is 125 Å². The summed E-state index contributed by atoms with van der Waals surface area (Å²) in [5.74, 6) is -1.88. The van der Waals surface area contributed by atoms with E-state index in [1.807, 2.05) is 24.3 Å². The minimum atomic E-state index is -0.939. The van der Waals surface area contributed by atoms with Crippen molar-refractivity contribution in [1.82, 2.24) is 5.32 Å². The van der Waals surface area contributed by atoms with Gasteiger partial charge in [-0.05, 0) is 50.5 Å². The molecule has 0 saturated carbocycles. The van der Waals surface area contributed by atoms with Crippen molar-refractivity contribution in [2.24, 2.45) is 5.16 Å². The minimum absolute atomic E-state index is 0.0623. The van der Waals surface area contributed by atoms with E-state index in [0.717, 1.165) is 16.0 Å². The van der Waals surface area contributed by atoms with E-state index in [1.165, 1.54) is 6.92 Å². The molecule has 8 heteroatoms. The van der Waals surface area contributed by atoms with Crippen LogP contribution in [-0.4, -0.2) is 34.7 Å². The summed E-state index contributed by atoms with van der Waals surface area (Å²) in [4.78, 5) is 40.1. The summed E-state index contributed by atoms with van der Waals surface area (Å²) >= 11 is 0. The number of carbonyl (C=O) groups is 3. The average molecular weight is 422 g/mol. The van der Waals surface area contributed by atoms with Gasteiger partial charge in [-0.2, -0.15) is 0 Å². The van der Waals surface area contributed by atoms with Gasteiger partial charge in [0.1, 0.15) is 6.04 Å². The molecule has 2 atom stereocenters. The standard InChI is InChI=1S/C23H26N4O4/c1-13(26-31)11-12-20(28)25-15(3)23(30)27-19-10-6-9-18(24)21(19)17-8-5-4-7-16(17)14(2)22(27)29/h4-10,14-15,31H,11-12,24H2,1-3H3,(H,25,28)/t14?,15-/m0/s1. The zero-order valence-corrected chi connectivity index (χ0v) is 17.8. The summed E-state index contributed by atoms with van der Waals surface area (Å²) in [5.41, 5.74) is 9.75. The number of nitrogens with zero attached hydrogens (tertiary/aromatic N) is 2. The van der Waals surface area contributed by atoms with Gasteiger partial charge < -0.3 is 16.3 Å². The largest absolute Gasteiger partial charge is 0.411 e. The first-order valence-electron chi connectivity index (χ1n) is 10.1. The number of anilines is 2. The molecule has 4 N–H and O–H groups in total. The van der Waals surface area contributed by atoms with Crippen LogP contribution >= 0.6 is 0 Å². The van der Waals surface area contributed by atoms with E-state index in [2.05, 4.69) is 10.5 Å². The molecule has 31 heavy (non-hydrogen) atoms. The Balaban J connectivity index is 1.96. The molecule has 2 aromatic carbocycles. The number of hydrogen-bond acceptors (Lipinski definition) is 6. The van der Waals surface area contributed by atoms with Crippen molar-refractivity contribution in [3.63, 3.8) is 0 Å². The lowest BCUT2D eigenvalue weighted by Gasteiger charge is -2.26. The molecule has 8 nitrogen and oxygen atoms in total. The fourth-order valence-corrected chi connectivity index (χ4v) is 3.73. The number of amides is 3. The lowest BCUT2D eigenvalue weighted by atomic mass is 9.92. The van der Waals surface area contributed by atoms with Crippen LogP contribution in [0.25, 0.3) is 11.1 Å². The third-order valence-corrected chi connectivity index (χ3v) is 5.46. The van der Waals surface area contributed by atoms with Gasteiger partial charge in [-0.3, -0.25) is 14.4 Å². The highest BCUT2D eigenvalue weighted by Crippen LogP contribution is 2.43. The highest BCUT2D eigenvalue weighted by Gasteiger charge is 2.37. The first-order valence-corrected chi connectivity index (χ1v) is 10.1. The molecule has 0 aromatic heterocycles. The molecule has 1 aliphatic rings. The number of hydrogen-bond donors (Lipinski definition) is 3. The Kier molecular flexibility index (Phi) is 6.39. The van der Waals surface area contributed by atoms with Gasteiger partial charge in [-0.25, -0.2) is 4.90 Å². The Morgan fingerprint density at radius 2 is 1.90 bits per heavy atom. The first-order chi connectivity index (χ1) is 14.8. The van der Waals surface area contributed by atoms with Crippen LogP contribution in [0.15, 0.2) is 47.6 Å². The molecule has 162 valence electrons. The molecular weight excluding hydrogens is 396 g/mol. The quantitative estimate of drug-likeness (QED) is 0.296. The number of carbonyl (C=O) groups excluding carboxylic acids is 3. The highest BCUT2D eigenvalue weighted by molar-refractivity contribution is 6.22. The van der Waals surface area contributed by atoms with E-state index in [0.29, 0.717) is 22.6 Å². The second-order valence-corrected chi connectivity index (χ2v) is 7.69. The zero-order chi connectivity index (χ0) is 22.7. The minimum Gasteiger partial charge on any atom is -0.411 e. The summed E-state index contributed by atoms with van der Waals surface area (Å²) in [6.07, 6.45) is 0.324. The smallest absolute Gasteiger partial charge is 0.256 e. The second-order valence-electron chi connectivity index (χ2n) is 7.69. The van der Waals surface area contributed by atoms with Crippen LogP contribution in [-0.2, 0) is 14.4 Å². The van der Waals surface area contributed by atoms with Crippen LogP contribution in [0, 0.1) is 0 Å². The fraction of sp³-hybridized carbons (Fsp3) is 0.304. The number of fused-ring (bicyclic) bond motifs is 3. The Labute approximate surface area is 180 Å². The number of rotatable bonds is 5. The van der Waals surface area contributed by atoms with Gasteiger partial charge >= 0.3 is 0 Å². The van der Waals surface area contributed by atoms with Gasteiger partial charge in [-0.1, -0.05) is 35.5 Å². The summed E-state index contributed by atoms with van der Waals surface area (Å²) < 4.78 is 0. The van der Waals surface area contributed by atoms with Crippen LogP contribution in [0.4, 0.5) is 11.4 Å². The fourth-order valence-electron chi connectivity index (χ4n) is 3.73. The zero-order valence-electron chi connectivity index (χ0n) is 17.8. The summed E-state index contributed by atoms with van der Waals surface area (Å²) in [6.45, 7) is 4.89. The molecule has 2 aromatic rings. The number of nitrogens with one attached hydrogen (secondary N) is 1. The van der Waals surface area contributed by atoms with Crippen LogP contribution in [0.3, 0.4) is 0 Å². The second kappa shape index (κ2) is 8.99. The molecule has 1 unspecified atom stereocenters. The van der Waals surface area contributed by atoms with Crippen LogP contribution in [0.1, 0.15) is 45.1 Å². The monoisotopic (exact) mass is 422 g/mol. The van der Waals surface area contributed by atoms with Crippen molar-refractivity contribution in [2.45, 2.75) is 45.6 Å². The first kappa shape index (κ1) is 22.0. The molecule has 0 radical (unpaired) electrons. The molecular formula is C23H26N4O4. The van der Waals surface area contributed by atoms with E-state index in [9.17, 15) is 14.4 Å². The van der Waals surface area contributed by atoms with Gasteiger partial charge in [0.25, 0.3) is 5.91 Å². The molecule has 0 fully saturated rings. The molecule has 3 rings (SSSR count). The lowest BCUT2D eigenvalue weighted by Crippen LogP contribution is -2.50. The maximum atomic E-state index is 13.4. The van der Waals surface area contributed by atoms with Crippen molar-refractivity contribution < 1.29 is 19.6 Å². The normalized spacial score (nSPS) is 16.7. The molecule has 1 aliphatic heterocycles. The van der Waals surface area contributed by atoms with Gasteiger partial charge in [0.05, 0.1) is 17.3 Å². The Morgan fingerprint density at radius 3 is 2.61 bits per heavy atom. The van der Waals surface area contributed by atoms with E-state index >= 15 is 0 Å². The third-order valence-electron chi connectivity index (χ3n) is 5.46. The van der Waals surface area contributed by atoms with E-state index < -0.39 is 17.9 Å². The van der Waals surface area contributed by atoms with Crippen molar-refractivity contribution >= 4 is 34.8 Å². The molecule has 0 spiro atoms. The summed E-state index contributed by atoms with van der Waals surface area (Å²) in [6, 6.07) is 11.6. The predicted octanol–water partition coefficient (Wildman–Crippen LogP) is 3.05. The number of oxime groups is 1. The maximum Gasteiger partial charge on any atom is 0.256 e. The van der Waals surface area contributed by atoms with Crippen molar-refractivity contribution in [1.29, 1.82) is 0 Å². The predicted molar refractivity (Wildman–Crippen MR) is 119 cm³/mol. The van der Waals surface area contributed by atoms with E-state index in [4.69, 9.17) is 10.9 Å². The van der Waals surface area contributed by atoms with Crippen molar-refractivity contribution in [3.8, 4) is 11.1 Å². The van der Waals surface area contributed by atoms with Gasteiger partial charge in [-0.15, -0.1) is 0 Å². The third kappa shape index (κ3) is 4.28. The maximum absolute atomic E-state index is 13.4. The van der Waals surface area contributed by atoms with Crippen molar-refractivity contribution in [2.75, 3.05) is 10.6 Å². The SMILES string of the molecule is CC(CCC(=O)N[C@@H](C)C(=O)N1C(=O)C(C)c2ccccc2-c2c(N)cccc21)=NO. The van der Waals surface area contributed by atoms with Crippen LogP contribution < -0.4 is 16.0 Å². The summed E-state index contributed by atoms with van der Waals surface area (Å²) in [7, 11) is 0. The number of benzene rings is 2. The highest BCUT2D eigenvalue weighted by atomic mass is 16.4. The Bertz CT molecular complexity index is 1060. The summed E-state index contributed by atoms with van der Waals surface area (Å²) in [5, 5.41) is 14.4. The van der Waals surface area contributed by atoms with Gasteiger partial charge in [0.15, 0.2) is 0 Å². The van der Waals surface area contributed by atoms with Crippen molar-refractivity contribution in [3.05, 3.63) is 48.0 Å². The van der Waals surface area contributed by atoms with Crippen LogP contribution in [0.2, 0.25) is 0 Å². The number of imide groups is 1. The average Bonchev–Trinajstić information content (AvgIpc) is 2.85.